The van der Waals surface area contributed by atoms with E-state index in [-0.39, 0.29) is 17.6 Å². The topological polar surface area (TPSA) is 58.6 Å². The molecule has 1 aliphatic carbocycles. The summed E-state index contributed by atoms with van der Waals surface area (Å²) in [6.07, 6.45) is 8.43. The van der Waals surface area contributed by atoms with Gasteiger partial charge in [-0.1, -0.05) is 31.4 Å². The van der Waals surface area contributed by atoms with E-state index in [1.54, 1.807) is 0 Å². The summed E-state index contributed by atoms with van der Waals surface area (Å²) >= 11 is 0. The fourth-order valence-electron chi connectivity index (χ4n) is 4.07. The quantitative estimate of drug-likeness (QED) is 0.857. The Balaban J connectivity index is 1.56. The molecule has 0 aromatic heterocycles. The van der Waals surface area contributed by atoms with Crippen molar-refractivity contribution in [2.75, 3.05) is 6.61 Å². The Morgan fingerprint density at radius 3 is 2.80 bits per heavy atom. The second-order valence-electron chi connectivity index (χ2n) is 8.44. The van der Waals surface area contributed by atoms with Crippen LogP contribution in [0.4, 0.5) is 0 Å². The number of aryl methyl sites for hydroxylation is 1. The first-order valence-corrected chi connectivity index (χ1v) is 9.61. The first kappa shape index (κ1) is 18.4. The molecule has 0 radical (unpaired) electrons. The zero-order valence-electron chi connectivity index (χ0n) is 15.5. The van der Waals surface area contributed by atoms with Gasteiger partial charge >= 0.3 is 0 Å². The fraction of sp³-hybridized carbons (Fsp3) is 0.667. The summed E-state index contributed by atoms with van der Waals surface area (Å²) in [6.45, 7) is 4.25. The number of ether oxygens (including phenoxy) is 1. The van der Waals surface area contributed by atoms with E-state index in [0.717, 1.165) is 31.2 Å². The van der Waals surface area contributed by atoms with Crippen molar-refractivity contribution < 1.29 is 14.6 Å². The lowest BCUT2D eigenvalue weighted by atomic mass is 9.82. The number of amides is 1. The summed E-state index contributed by atoms with van der Waals surface area (Å²) in [5, 5.41) is 13.0. The summed E-state index contributed by atoms with van der Waals surface area (Å²) in [5.74, 6) is -0.0217. The van der Waals surface area contributed by atoms with Crippen LogP contribution in [0, 0.1) is 0 Å². The summed E-state index contributed by atoms with van der Waals surface area (Å²) in [6, 6.07) is 7.84. The molecule has 3 rings (SSSR count). The molecule has 1 heterocycles. The van der Waals surface area contributed by atoms with E-state index in [2.05, 4.69) is 5.32 Å². The second-order valence-corrected chi connectivity index (χ2v) is 8.44. The van der Waals surface area contributed by atoms with Crippen LogP contribution >= 0.6 is 0 Å². The van der Waals surface area contributed by atoms with Crippen molar-refractivity contribution in [3.05, 3.63) is 35.4 Å². The van der Waals surface area contributed by atoms with E-state index in [0.29, 0.717) is 18.6 Å². The minimum Gasteiger partial charge on any atom is -0.390 e. The zero-order valence-corrected chi connectivity index (χ0v) is 15.5. The first-order chi connectivity index (χ1) is 11.9. The van der Waals surface area contributed by atoms with Gasteiger partial charge in [0.25, 0.3) is 5.91 Å². The molecular formula is C21H31NO3. The van der Waals surface area contributed by atoms with Gasteiger partial charge in [-0.3, -0.25) is 4.79 Å². The lowest BCUT2D eigenvalue weighted by Crippen LogP contribution is -2.37. The molecular weight excluding hydrogens is 314 g/mol. The fourth-order valence-corrected chi connectivity index (χ4v) is 4.07. The summed E-state index contributed by atoms with van der Waals surface area (Å²) in [4.78, 5) is 12.6. The van der Waals surface area contributed by atoms with Crippen molar-refractivity contribution in [2.24, 2.45) is 0 Å². The lowest BCUT2D eigenvalue weighted by molar-refractivity contribution is -0.0246. The summed E-state index contributed by atoms with van der Waals surface area (Å²) < 4.78 is 6.09. The first-order valence-electron chi connectivity index (χ1n) is 9.61. The van der Waals surface area contributed by atoms with Crippen molar-refractivity contribution in [1.82, 2.24) is 5.32 Å². The van der Waals surface area contributed by atoms with Crippen molar-refractivity contribution in [1.29, 1.82) is 0 Å². The van der Waals surface area contributed by atoms with Crippen molar-refractivity contribution in [3.63, 3.8) is 0 Å². The van der Waals surface area contributed by atoms with Gasteiger partial charge < -0.3 is 15.2 Å². The maximum Gasteiger partial charge on any atom is 0.251 e. The molecule has 2 aliphatic rings. The van der Waals surface area contributed by atoms with Crippen molar-refractivity contribution in [3.8, 4) is 0 Å². The van der Waals surface area contributed by atoms with Crippen LogP contribution in [0.5, 0.6) is 0 Å². The summed E-state index contributed by atoms with van der Waals surface area (Å²) in [7, 11) is 0. The minimum absolute atomic E-state index is 0.0186. The van der Waals surface area contributed by atoms with Crippen molar-refractivity contribution >= 4 is 5.91 Å². The molecule has 4 nitrogen and oxygen atoms in total. The number of hydrogen-bond donors (Lipinski definition) is 2. The van der Waals surface area contributed by atoms with E-state index in [1.807, 2.05) is 38.1 Å². The van der Waals surface area contributed by atoms with Gasteiger partial charge in [0, 0.05) is 5.56 Å². The molecule has 2 N–H and O–H groups in total. The number of aliphatic hydroxyl groups is 1. The monoisotopic (exact) mass is 345 g/mol. The van der Waals surface area contributed by atoms with E-state index in [4.69, 9.17) is 4.74 Å². The Hall–Kier alpha value is -1.39. The smallest absolute Gasteiger partial charge is 0.251 e. The van der Waals surface area contributed by atoms with Crippen molar-refractivity contribution in [2.45, 2.75) is 82.5 Å². The van der Waals surface area contributed by atoms with E-state index in [1.165, 1.54) is 19.3 Å². The maximum atomic E-state index is 12.6. The number of hydrogen-bond acceptors (Lipinski definition) is 3. The number of rotatable bonds is 5. The zero-order chi connectivity index (χ0) is 17.9. The maximum absolute atomic E-state index is 12.6. The van der Waals surface area contributed by atoms with E-state index < -0.39 is 5.60 Å². The van der Waals surface area contributed by atoms with E-state index in [9.17, 15) is 9.90 Å². The van der Waals surface area contributed by atoms with Crippen LogP contribution in [0.25, 0.3) is 0 Å². The third-order valence-electron chi connectivity index (χ3n) is 5.52. The average molecular weight is 345 g/mol. The molecule has 1 aromatic carbocycles. The molecule has 4 heteroatoms. The highest BCUT2D eigenvalue weighted by atomic mass is 16.5. The number of carbonyl (C=O) groups excluding carboxylic acids is 1. The van der Waals surface area contributed by atoms with E-state index >= 15 is 0 Å². The third-order valence-corrected chi connectivity index (χ3v) is 5.52. The van der Waals surface area contributed by atoms with Gasteiger partial charge in [-0.25, -0.2) is 0 Å². The van der Waals surface area contributed by atoms with Crippen LogP contribution in [0.2, 0.25) is 0 Å². The molecule has 1 saturated heterocycles. The van der Waals surface area contributed by atoms with Gasteiger partial charge in [-0.15, -0.1) is 0 Å². The van der Waals surface area contributed by atoms with Gasteiger partial charge in [0.15, 0.2) is 0 Å². The largest absolute Gasteiger partial charge is 0.390 e. The molecule has 1 aliphatic heterocycles. The van der Waals surface area contributed by atoms with Gasteiger partial charge in [0.05, 0.1) is 23.9 Å². The van der Waals surface area contributed by atoms with Crippen LogP contribution < -0.4 is 5.32 Å². The molecule has 1 saturated carbocycles. The molecule has 1 spiro atoms. The third kappa shape index (κ3) is 5.05. The molecule has 1 aromatic rings. The standard InChI is InChI=1S/C21H31NO3/c1-20(2,24)12-9-16-7-6-8-17(13-16)19(23)22-18-14-21(25-15-18)10-4-3-5-11-21/h6-8,13,18,24H,3-5,9-12,14-15H2,1-2H3,(H,22,23). The molecule has 0 bridgehead atoms. The van der Waals surface area contributed by atoms with Crippen LogP contribution in [0.3, 0.4) is 0 Å². The minimum atomic E-state index is -0.687. The Labute approximate surface area is 151 Å². The molecule has 2 fully saturated rings. The van der Waals surface area contributed by atoms with Gasteiger partial charge in [-0.2, -0.15) is 0 Å². The Morgan fingerprint density at radius 1 is 1.32 bits per heavy atom. The molecule has 1 atom stereocenters. The Bertz CT molecular complexity index is 599. The second kappa shape index (κ2) is 7.46. The number of benzene rings is 1. The molecule has 1 unspecified atom stereocenters. The summed E-state index contributed by atoms with van der Waals surface area (Å²) in [5.41, 5.74) is 1.11. The lowest BCUT2D eigenvalue weighted by Gasteiger charge is -2.32. The van der Waals surface area contributed by atoms with Crippen LogP contribution in [-0.4, -0.2) is 34.9 Å². The van der Waals surface area contributed by atoms with Gasteiger partial charge in [-0.05, 0) is 63.6 Å². The van der Waals surface area contributed by atoms with Crippen LogP contribution in [0.1, 0.15) is 74.7 Å². The SMILES string of the molecule is CC(C)(O)CCc1cccc(C(=O)NC2COC3(CCCCC3)C2)c1. The molecule has 138 valence electrons. The van der Waals surface area contributed by atoms with Crippen LogP contribution in [0.15, 0.2) is 24.3 Å². The average Bonchev–Trinajstić information content (AvgIpc) is 2.95. The Morgan fingerprint density at radius 2 is 2.08 bits per heavy atom. The predicted molar refractivity (Wildman–Crippen MR) is 98.7 cm³/mol. The van der Waals surface area contributed by atoms with Crippen LogP contribution in [-0.2, 0) is 11.2 Å². The van der Waals surface area contributed by atoms with Gasteiger partial charge in [0.1, 0.15) is 0 Å². The number of carbonyl (C=O) groups is 1. The highest BCUT2D eigenvalue weighted by molar-refractivity contribution is 5.94. The Kier molecular flexibility index (Phi) is 5.49. The molecule has 1 amide bonds. The normalized spacial score (nSPS) is 22.9. The highest BCUT2D eigenvalue weighted by Gasteiger charge is 2.41. The predicted octanol–water partition coefficient (Wildman–Crippen LogP) is 3.61. The van der Waals surface area contributed by atoms with Gasteiger partial charge in [0.2, 0.25) is 0 Å². The highest BCUT2D eigenvalue weighted by Crippen LogP contribution is 2.39. The number of nitrogens with one attached hydrogen (secondary N) is 1. The molecule has 25 heavy (non-hydrogen) atoms.